The normalized spacial score (nSPS) is 17.8. The van der Waals surface area contributed by atoms with Crippen molar-refractivity contribution in [2.24, 2.45) is 0 Å². The third kappa shape index (κ3) is 3.66. The van der Waals surface area contributed by atoms with Crippen molar-refractivity contribution in [2.45, 2.75) is 25.3 Å². The third-order valence-electron chi connectivity index (χ3n) is 4.65. The fourth-order valence-corrected chi connectivity index (χ4v) is 3.29. The van der Waals surface area contributed by atoms with Crippen LogP contribution in [0.5, 0.6) is 11.6 Å². The average molecular weight is 410 g/mol. The van der Waals surface area contributed by atoms with Gasteiger partial charge in [0.15, 0.2) is 5.65 Å². The number of fused-ring (bicyclic) bond motifs is 1. The van der Waals surface area contributed by atoms with Gasteiger partial charge < -0.3 is 10.1 Å². The van der Waals surface area contributed by atoms with E-state index in [1.165, 1.54) is 0 Å². The topological polar surface area (TPSA) is 97.6 Å². The van der Waals surface area contributed by atoms with Crippen LogP contribution in [0.25, 0.3) is 11.7 Å². The molecule has 2 aliphatic rings. The minimum atomic E-state index is -0.392. The number of nitrogens with zero attached hydrogens (tertiary/aromatic N) is 3. The molecule has 2 amide bonds. The van der Waals surface area contributed by atoms with Gasteiger partial charge in [0, 0.05) is 28.3 Å². The molecule has 3 aromatic rings. The number of carbonyl (C=O) groups excluding carboxylic acids is 2. The van der Waals surface area contributed by atoms with Gasteiger partial charge in [-0.05, 0) is 37.1 Å². The van der Waals surface area contributed by atoms with Gasteiger partial charge in [0.25, 0.3) is 5.91 Å². The number of aromatic nitrogens is 3. The number of carbonyl (C=O) groups is 2. The lowest BCUT2D eigenvalue weighted by Crippen LogP contribution is -2.19. The Morgan fingerprint density at radius 2 is 2.14 bits per heavy atom. The van der Waals surface area contributed by atoms with Crippen molar-refractivity contribution >= 4 is 41.0 Å². The van der Waals surface area contributed by atoms with Gasteiger partial charge in [-0.1, -0.05) is 17.7 Å². The second-order valence-corrected chi connectivity index (χ2v) is 7.45. The smallest absolute Gasteiger partial charge is 0.254 e. The molecule has 0 atom stereocenters. The molecule has 0 spiro atoms. The van der Waals surface area contributed by atoms with E-state index in [0.29, 0.717) is 39.5 Å². The van der Waals surface area contributed by atoms with Gasteiger partial charge in [-0.15, -0.1) is 0 Å². The first kappa shape index (κ1) is 17.7. The summed E-state index contributed by atoms with van der Waals surface area (Å²) in [6.07, 6.45) is 5.48. The number of anilines is 1. The summed E-state index contributed by atoms with van der Waals surface area (Å²) in [6, 6.07) is 9.23. The van der Waals surface area contributed by atoms with Crippen molar-refractivity contribution in [3.8, 4) is 11.6 Å². The molecule has 146 valence electrons. The highest BCUT2D eigenvalue weighted by atomic mass is 35.5. The zero-order valence-corrected chi connectivity index (χ0v) is 15.9. The van der Waals surface area contributed by atoms with Crippen molar-refractivity contribution in [1.29, 1.82) is 0 Å². The van der Waals surface area contributed by atoms with Gasteiger partial charge in [-0.2, -0.15) is 14.6 Å². The number of nitrogens with one attached hydrogen (secondary N) is 2. The van der Waals surface area contributed by atoms with Crippen molar-refractivity contribution < 1.29 is 14.3 Å². The highest BCUT2D eigenvalue weighted by Gasteiger charge is 2.26. The standard InChI is InChI=1S/C20H16ClN5O3/c21-13-2-1-3-15(8-13)29-18-9-16(23-14-4-5-14)26-19(25-18)12(10-22-26)6-11-7-17(27)24-20(11)28/h1-3,6,8-10,14,23H,4-5,7H2,(H,24,27,28)/b11-6+. The predicted molar refractivity (Wildman–Crippen MR) is 107 cm³/mol. The fraction of sp³-hybridized carbons (Fsp3) is 0.200. The van der Waals surface area contributed by atoms with Crippen LogP contribution in [-0.2, 0) is 9.59 Å². The molecule has 5 rings (SSSR count). The molecule has 0 radical (unpaired) electrons. The Morgan fingerprint density at radius 3 is 2.86 bits per heavy atom. The number of benzene rings is 1. The van der Waals surface area contributed by atoms with Crippen molar-refractivity contribution in [3.05, 3.63) is 52.7 Å². The monoisotopic (exact) mass is 409 g/mol. The molecule has 1 aliphatic heterocycles. The second kappa shape index (κ2) is 6.89. The number of rotatable bonds is 5. The van der Waals surface area contributed by atoms with Crippen molar-refractivity contribution in [3.63, 3.8) is 0 Å². The minimum absolute atomic E-state index is 0.0437. The highest BCUT2D eigenvalue weighted by molar-refractivity contribution is 6.30. The number of imide groups is 1. The van der Waals surface area contributed by atoms with Crippen LogP contribution in [0, 0.1) is 0 Å². The summed E-state index contributed by atoms with van der Waals surface area (Å²) in [6.45, 7) is 0. The molecular formula is C20H16ClN5O3. The maximum Gasteiger partial charge on any atom is 0.254 e. The summed E-state index contributed by atoms with van der Waals surface area (Å²) >= 11 is 6.04. The third-order valence-corrected chi connectivity index (χ3v) is 4.88. The lowest BCUT2D eigenvalue weighted by atomic mass is 10.1. The van der Waals surface area contributed by atoms with Crippen molar-refractivity contribution in [1.82, 2.24) is 19.9 Å². The van der Waals surface area contributed by atoms with E-state index in [4.69, 9.17) is 16.3 Å². The summed E-state index contributed by atoms with van der Waals surface area (Å²) < 4.78 is 7.58. The van der Waals surface area contributed by atoms with E-state index in [2.05, 4.69) is 20.7 Å². The molecule has 0 bridgehead atoms. The number of hydrogen-bond donors (Lipinski definition) is 2. The molecule has 1 saturated carbocycles. The molecule has 1 aromatic carbocycles. The highest BCUT2D eigenvalue weighted by Crippen LogP contribution is 2.30. The molecule has 2 fully saturated rings. The van der Waals surface area contributed by atoms with Gasteiger partial charge in [0.1, 0.15) is 11.6 Å². The van der Waals surface area contributed by atoms with E-state index < -0.39 is 5.91 Å². The van der Waals surface area contributed by atoms with Crippen LogP contribution < -0.4 is 15.4 Å². The van der Waals surface area contributed by atoms with Crippen LogP contribution in [-0.4, -0.2) is 32.5 Å². The van der Waals surface area contributed by atoms with Crippen LogP contribution in [0.2, 0.25) is 5.02 Å². The van der Waals surface area contributed by atoms with E-state index in [0.717, 1.165) is 18.7 Å². The zero-order chi connectivity index (χ0) is 20.0. The van der Waals surface area contributed by atoms with Crippen LogP contribution in [0.1, 0.15) is 24.8 Å². The van der Waals surface area contributed by atoms with Crippen molar-refractivity contribution in [2.75, 3.05) is 5.32 Å². The summed E-state index contributed by atoms with van der Waals surface area (Å²) in [5, 5.41) is 10.7. The molecule has 29 heavy (non-hydrogen) atoms. The Labute approximate surface area is 170 Å². The van der Waals surface area contributed by atoms with Crippen LogP contribution in [0.4, 0.5) is 5.82 Å². The molecule has 1 saturated heterocycles. The van der Waals surface area contributed by atoms with Gasteiger partial charge in [0.05, 0.1) is 12.6 Å². The number of ether oxygens (including phenoxy) is 1. The minimum Gasteiger partial charge on any atom is -0.439 e. The molecular weight excluding hydrogens is 394 g/mol. The molecule has 2 aromatic heterocycles. The van der Waals surface area contributed by atoms with Crippen LogP contribution >= 0.6 is 11.6 Å². The van der Waals surface area contributed by atoms with Crippen LogP contribution in [0.3, 0.4) is 0 Å². The Bertz CT molecular complexity index is 1180. The SMILES string of the molecule is O=C1C/C(=C\c2cnn3c(NC4CC4)cc(Oc4cccc(Cl)c4)nc23)C(=O)N1. The molecule has 1 aliphatic carbocycles. The Balaban J connectivity index is 1.57. The predicted octanol–water partition coefficient (Wildman–Crippen LogP) is 3.18. The quantitative estimate of drug-likeness (QED) is 0.496. The first-order valence-electron chi connectivity index (χ1n) is 9.19. The first-order chi connectivity index (χ1) is 14.0. The summed E-state index contributed by atoms with van der Waals surface area (Å²) in [4.78, 5) is 28.0. The van der Waals surface area contributed by atoms with E-state index in [-0.39, 0.29) is 12.3 Å². The summed E-state index contributed by atoms with van der Waals surface area (Å²) in [7, 11) is 0. The van der Waals surface area contributed by atoms with Gasteiger partial charge >= 0.3 is 0 Å². The maximum absolute atomic E-state index is 11.9. The van der Waals surface area contributed by atoms with E-state index >= 15 is 0 Å². The fourth-order valence-electron chi connectivity index (χ4n) is 3.11. The summed E-state index contributed by atoms with van der Waals surface area (Å²) in [5.41, 5.74) is 1.53. The molecule has 3 heterocycles. The number of halogens is 1. The molecule has 0 unspecified atom stereocenters. The maximum atomic E-state index is 11.9. The second-order valence-electron chi connectivity index (χ2n) is 7.02. The van der Waals surface area contributed by atoms with E-state index in [1.807, 2.05) is 0 Å². The first-order valence-corrected chi connectivity index (χ1v) is 9.56. The Kier molecular flexibility index (Phi) is 4.21. The Morgan fingerprint density at radius 1 is 1.28 bits per heavy atom. The summed E-state index contributed by atoms with van der Waals surface area (Å²) in [5.74, 6) is 0.969. The van der Waals surface area contributed by atoms with Gasteiger partial charge in [-0.25, -0.2) is 0 Å². The van der Waals surface area contributed by atoms with Gasteiger partial charge in [0.2, 0.25) is 11.8 Å². The molecule has 2 N–H and O–H groups in total. The zero-order valence-electron chi connectivity index (χ0n) is 15.2. The number of amides is 2. The van der Waals surface area contributed by atoms with E-state index in [1.54, 1.807) is 47.1 Å². The molecule has 8 nitrogen and oxygen atoms in total. The van der Waals surface area contributed by atoms with Crippen LogP contribution in [0.15, 0.2) is 42.1 Å². The van der Waals surface area contributed by atoms with E-state index in [9.17, 15) is 9.59 Å². The largest absolute Gasteiger partial charge is 0.439 e. The Hall–Kier alpha value is -3.39. The molecule has 9 heteroatoms. The average Bonchev–Trinajstić information content (AvgIpc) is 3.31. The lowest BCUT2D eigenvalue weighted by Gasteiger charge is -2.11. The number of hydrogen-bond acceptors (Lipinski definition) is 6. The van der Waals surface area contributed by atoms with Gasteiger partial charge in [-0.3, -0.25) is 14.9 Å². The lowest BCUT2D eigenvalue weighted by molar-refractivity contribution is -0.124.